The summed E-state index contributed by atoms with van der Waals surface area (Å²) in [6.07, 6.45) is 3.31. The minimum Gasteiger partial charge on any atom is -0.394 e. The van der Waals surface area contributed by atoms with Gasteiger partial charge >= 0.3 is 0 Å². The van der Waals surface area contributed by atoms with Gasteiger partial charge in [0.25, 0.3) is 0 Å². The summed E-state index contributed by atoms with van der Waals surface area (Å²) in [6, 6.07) is 0. The second kappa shape index (κ2) is 5.49. The molecule has 2 aromatic heterocycles. The molecule has 0 amide bonds. The zero-order chi connectivity index (χ0) is 17.2. The van der Waals surface area contributed by atoms with Gasteiger partial charge in [-0.05, 0) is 24.4 Å². The molecule has 3 fully saturated rings. The number of rotatable bonds is 2. The fourth-order valence-corrected chi connectivity index (χ4v) is 4.39. The van der Waals surface area contributed by atoms with Crippen LogP contribution in [0.25, 0.3) is 11.2 Å². The summed E-state index contributed by atoms with van der Waals surface area (Å²) in [5, 5.41) is 9.90. The van der Waals surface area contributed by atoms with Crippen molar-refractivity contribution in [2.45, 2.75) is 56.0 Å². The predicted molar refractivity (Wildman–Crippen MR) is 86.7 cm³/mol. The third-order valence-corrected chi connectivity index (χ3v) is 5.52. The first-order valence-corrected chi connectivity index (χ1v) is 8.75. The predicted octanol–water partition coefficient (Wildman–Crippen LogP) is 1.01. The van der Waals surface area contributed by atoms with Gasteiger partial charge in [0.1, 0.15) is 24.6 Å². The number of halogens is 1. The minimum absolute atomic E-state index is 0.168. The molecule has 9 nitrogen and oxygen atoms in total. The van der Waals surface area contributed by atoms with Crippen LogP contribution in [0.5, 0.6) is 0 Å². The Bertz CT molecular complexity index is 824. The van der Waals surface area contributed by atoms with E-state index in [1.807, 2.05) is 0 Å². The highest BCUT2D eigenvalue weighted by Gasteiger charge is 2.59. The minimum atomic E-state index is -0.603. The van der Waals surface area contributed by atoms with E-state index in [-0.39, 0.29) is 23.8 Å². The highest BCUT2D eigenvalue weighted by molar-refractivity contribution is 6.29. The normalized spacial score (nSPS) is 33.5. The maximum Gasteiger partial charge on any atom is 0.207 e. The number of imidazole rings is 1. The first-order chi connectivity index (χ1) is 12.1. The molecule has 0 radical (unpaired) electrons. The molecule has 4 atom stereocenters. The van der Waals surface area contributed by atoms with Crippen molar-refractivity contribution in [2.75, 3.05) is 12.3 Å². The van der Waals surface area contributed by atoms with Crippen LogP contribution in [0.3, 0.4) is 0 Å². The monoisotopic (exact) mass is 367 g/mol. The summed E-state index contributed by atoms with van der Waals surface area (Å²) < 4.78 is 20.1. The Morgan fingerprint density at radius 2 is 2.04 bits per heavy atom. The van der Waals surface area contributed by atoms with E-state index in [2.05, 4.69) is 15.0 Å². The van der Waals surface area contributed by atoms with Crippen LogP contribution in [0.2, 0.25) is 5.28 Å². The van der Waals surface area contributed by atoms with Gasteiger partial charge in [0.15, 0.2) is 29.0 Å². The number of aliphatic hydroxyl groups is 1. The van der Waals surface area contributed by atoms with E-state index >= 15 is 0 Å². The number of nitrogens with two attached hydrogens (primary N) is 1. The Morgan fingerprint density at radius 3 is 2.80 bits per heavy atom. The molecule has 4 heterocycles. The molecule has 1 saturated carbocycles. The number of hydrogen-bond acceptors (Lipinski definition) is 8. The van der Waals surface area contributed by atoms with Gasteiger partial charge < -0.3 is 25.1 Å². The van der Waals surface area contributed by atoms with Crippen LogP contribution < -0.4 is 5.73 Å². The quantitative estimate of drug-likeness (QED) is 0.755. The SMILES string of the molecule is Nc1ncnc2c1nc(Cl)n2[C@@H]1O[C@H](CO)[C@H]2OC3(CCCC3)O[C@H]21. The van der Waals surface area contributed by atoms with Crippen molar-refractivity contribution >= 4 is 28.6 Å². The van der Waals surface area contributed by atoms with Crippen LogP contribution in [0.4, 0.5) is 5.82 Å². The molecule has 5 rings (SSSR count). The molecule has 2 aromatic rings. The van der Waals surface area contributed by atoms with Crippen molar-refractivity contribution in [1.82, 2.24) is 19.5 Å². The summed E-state index contributed by atoms with van der Waals surface area (Å²) in [4.78, 5) is 12.4. The maximum absolute atomic E-state index is 9.72. The molecule has 3 aliphatic rings. The number of hydrogen-bond donors (Lipinski definition) is 2. The lowest BCUT2D eigenvalue weighted by atomic mass is 10.1. The molecule has 0 aromatic carbocycles. The first-order valence-electron chi connectivity index (χ1n) is 8.38. The molecular formula is C15H18ClN5O4. The molecule has 1 aliphatic carbocycles. The Morgan fingerprint density at radius 1 is 1.28 bits per heavy atom. The van der Waals surface area contributed by atoms with Crippen molar-refractivity contribution < 1.29 is 19.3 Å². The Balaban J connectivity index is 1.58. The van der Waals surface area contributed by atoms with Crippen molar-refractivity contribution in [1.29, 1.82) is 0 Å². The summed E-state index contributed by atoms with van der Waals surface area (Å²) in [5.41, 5.74) is 6.75. The lowest BCUT2D eigenvalue weighted by Gasteiger charge is -2.27. The topological polar surface area (TPSA) is 118 Å². The molecule has 2 saturated heterocycles. The van der Waals surface area contributed by atoms with E-state index < -0.39 is 24.2 Å². The molecule has 134 valence electrons. The lowest BCUT2D eigenvalue weighted by molar-refractivity contribution is -0.215. The van der Waals surface area contributed by atoms with E-state index in [1.165, 1.54) is 6.33 Å². The van der Waals surface area contributed by atoms with E-state index in [1.54, 1.807) is 4.57 Å². The zero-order valence-corrected chi connectivity index (χ0v) is 14.1. The van der Waals surface area contributed by atoms with Crippen LogP contribution in [-0.2, 0) is 14.2 Å². The van der Waals surface area contributed by atoms with Gasteiger partial charge in [-0.15, -0.1) is 0 Å². The van der Waals surface area contributed by atoms with Crippen molar-refractivity contribution in [3.05, 3.63) is 11.6 Å². The van der Waals surface area contributed by atoms with Crippen LogP contribution in [0, 0.1) is 0 Å². The average Bonchev–Trinajstić information content (AvgIpc) is 3.33. The van der Waals surface area contributed by atoms with Gasteiger partial charge in [0, 0.05) is 12.8 Å². The van der Waals surface area contributed by atoms with Gasteiger partial charge in [-0.3, -0.25) is 4.57 Å². The summed E-state index contributed by atoms with van der Waals surface area (Å²) in [7, 11) is 0. The van der Waals surface area contributed by atoms with Crippen molar-refractivity contribution in [2.24, 2.45) is 0 Å². The van der Waals surface area contributed by atoms with Crippen molar-refractivity contribution in [3.8, 4) is 0 Å². The maximum atomic E-state index is 9.72. The van der Waals surface area contributed by atoms with E-state index in [4.69, 9.17) is 31.5 Å². The third kappa shape index (κ3) is 2.20. The van der Waals surface area contributed by atoms with Gasteiger partial charge in [0.2, 0.25) is 5.28 Å². The Hall–Kier alpha value is -1.52. The molecule has 3 N–H and O–H groups in total. The zero-order valence-electron chi connectivity index (χ0n) is 13.3. The number of fused-ring (bicyclic) bond motifs is 2. The van der Waals surface area contributed by atoms with Gasteiger partial charge in [-0.1, -0.05) is 0 Å². The number of aromatic nitrogens is 4. The van der Waals surface area contributed by atoms with Crippen LogP contribution in [0.15, 0.2) is 6.33 Å². The first kappa shape index (κ1) is 15.7. The van der Waals surface area contributed by atoms with Crippen LogP contribution >= 0.6 is 11.6 Å². The van der Waals surface area contributed by atoms with Crippen LogP contribution in [0.1, 0.15) is 31.9 Å². The fourth-order valence-electron chi connectivity index (χ4n) is 4.13. The number of nitrogens with zero attached hydrogens (tertiary/aromatic N) is 4. The smallest absolute Gasteiger partial charge is 0.207 e. The van der Waals surface area contributed by atoms with Crippen LogP contribution in [-0.4, -0.2) is 55.3 Å². The second-order valence-corrected chi connectivity index (χ2v) is 7.05. The Kier molecular flexibility index (Phi) is 3.45. The van der Waals surface area contributed by atoms with Crippen molar-refractivity contribution in [3.63, 3.8) is 0 Å². The standard InChI is InChI=1S/C15H18ClN5O4/c16-14-20-8-11(17)18-6-19-12(8)21(14)13-10-9(7(5-22)23-13)24-15(25-10)3-1-2-4-15/h6-7,9-10,13,22H,1-5H2,(H2,17,18,19)/t7-,9-,10-,13-/m1/s1. The molecule has 0 bridgehead atoms. The molecular weight excluding hydrogens is 350 g/mol. The number of ether oxygens (including phenoxy) is 3. The molecule has 0 unspecified atom stereocenters. The fraction of sp³-hybridized carbons (Fsp3) is 0.667. The van der Waals surface area contributed by atoms with E-state index in [0.717, 1.165) is 25.7 Å². The highest BCUT2D eigenvalue weighted by atomic mass is 35.5. The summed E-state index contributed by atoms with van der Waals surface area (Å²) >= 11 is 6.34. The molecule has 10 heteroatoms. The molecule has 25 heavy (non-hydrogen) atoms. The third-order valence-electron chi connectivity index (χ3n) is 5.25. The Labute approximate surface area is 148 Å². The molecule has 1 spiro atoms. The highest BCUT2D eigenvalue weighted by Crippen LogP contribution is 2.50. The van der Waals surface area contributed by atoms with Gasteiger partial charge in [-0.25, -0.2) is 15.0 Å². The van der Waals surface area contributed by atoms with Gasteiger partial charge in [-0.2, -0.15) is 0 Å². The average molecular weight is 368 g/mol. The summed E-state index contributed by atoms with van der Waals surface area (Å²) in [5.74, 6) is -0.337. The number of aliphatic hydroxyl groups excluding tert-OH is 1. The largest absolute Gasteiger partial charge is 0.394 e. The van der Waals surface area contributed by atoms with E-state index in [9.17, 15) is 5.11 Å². The van der Waals surface area contributed by atoms with Gasteiger partial charge in [0.05, 0.1) is 6.61 Å². The second-order valence-electron chi connectivity index (χ2n) is 6.71. The van der Waals surface area contributed by atoms with E-state index in [0.29, 0.717) is 11.2 Å². The lowest BCUT2D eigenvalue weighted by Crippen LogP contribution is -2.33. The number of nitrogen functional groups attached to an aromatic ring is 1. The number of anilines is 1. The summed E-state index contributed by atoms with van der Waals surface area (Å²) in [6.45, 7) is -0.168. The molecule has 2 aliphatic heterocycles.